The molecule has 0 aromatic rings. The van der Waals surface area contributed by atoms with Crippen molar-refractivity contribution in [3.63, 3.8) is 0 Å². The number of aliphatic hydroxyl groups is 5. The Morgan fingerprint density at radius 2 is 1.61 bits per heavy atom. The van der Waals surface area contributed by atoms with E-state index in [9.17, 15) is 35.1 Å². The zero-order chi connectivity index (χ0) is 24.9. The number of ether oxygens (including phenoxy) is 4. The van der Waals surface area contributed by atoms with Gasteiger partial charge in [-0.15, -0.1) is 6.58 Å². The van der Waals surface area contributed by atoms with E-state index >= 15 is 0 Å². The molecule has 0 spiro atoms. The molecule has 13 nitrogen and oxygen atoms in total. The van der Waals surface area contributed by atoms with Crippen molar-refractivity contribution in [2.24, 2.45) is 0 Å². The number of carbonyl (C=O) groups excluding carboxylic acids is 2. The SMILES string of the molecule is C=CCO[C@@H]1O[C@H]([C@@H](C)O)[C@@H](O[C@@H]2O[C@H](CO)[C@@H](O)[C@H](O)[C@H]2NC(C)=O)[C@H](O)[C@H]1NC(C)=O. The topological polar surface area (TPSA) is 196 Å². The summed E-state index contributed by atoms with van der Waals surface area (Å²) in [7, 11) is 0. The normalized spacial score (nSPS) is 40.0. The maximum Gasteiger partial charge on any atom is 0.217 e. The molecule has 2 rings (SSSR count). The third kappa shape index (κ3) is 6.68. The van der Waals surface area contributed by atoms with E-state index in [2.05, 4.69) is 17.2 Å². The second-order valence-electron chi connectivity index (χ2n) is 8.08. The van der Waals surface area contributed by atoms with Crippen LogP contribution < -0.4 is 10.6 Å². The summed E-state index contributed by atoms with van der Waals surface area (Å²) < 4.78 is 22.7. The molecule has 7 N–H and O–H groups in total. The van der Waals surface area contributed by atoms with Crippen molar-refractivity contribution < 1.29 is 54.1 Å². The quantitative estimate of drug-likeness (QED) is 0.162. The van der Waals surface area contributed by atoms with Crippen molar-refractivity contribution in [3.8, 4) is 0 Å². The van der Waals surface area contributed by atoms with Gasteiger partial charge < -0.3 is 55.1 Å². The van der Waals surface area contributed by atoms with Gasteiger partial charge in [0, 0.05) is 13.8 Å². The lowest BCUT2D eigenvalue weighted by molar-refractivity contribution is -0.336. The average molecular weight is 478 g/mol. The van der Waals surface area contributed by atoms with Gasteiger partial charge in [0.1, 0.15) is 48.7 Å². The van der Waals surface area contributed by atoms with Crippen molar-refractivity contribution in [2.45, 2.75) is 88.2 Å². The lowest BCUT2D eigenvalue weighted by Crippen LogP contribution is -2.70. The van der Waals surface area contributed by atoms with Crippen molar-refractivity contribution in [3.05, 3.63) is 12.7 Å². The van der Waals surface area contributed by atoms with Crippen LogP contribution in [0.2, 0.25) is 0 Å². The molecule has 2 aliphatic heterocycles. The van der Waals surface area contributed by atoms with Crippen LogP contribution in [0, 0.1) is 0 Å². The number of hydrogen-bond acceptors (Lipinski definition) is 11. The second-order valence-corrected chi connectivity index (χ2v) is 8.08. The molecule has 0 aliphatic carbocycles. The molecule has 0 saturated carbocycles. The molecule has 0 radical (unpaired) electrons. The smallest absolute Gasteiger partial charge is 0.217 e. The van der Waals surface area contributed by atoms with Crippen LogP contribution in [0.15, 0.2) is 12.7 Å². The van der Waals surface area contributed by atoms with Crippen LogP contribution in [0.4, 0.5) is 0 Å². The number of nitrogens with one attached hydrogen (secondary N) is 2. The van der Waals surface area contributed by atoms with Gasteiger partial charge in [-0.3, -0.25) is 9.59 Å². The molecular formula is C20H34N2O11. The van der Waals surface area contributed by atoms with Gasteiger partial charge in [0.15, 0.2) is 12.6 Å². The van der Waals surface area contributed by atoms with Crippen molar-refractivity contribution in [2.75, 3.05) is 13.2 Å². The van der Waals surface area contributed by atoms with E-state index in [0.29, 0.717) is 0 Å². The van der Waals surface area contributed by atoms with Gasteiger partial charge >= 0.3 is 0 Å². The summed E-state index contributed by atoms with van der Waals surface area (Å²) >= 11 is 0. The monoisotopic (exact) mass is 478 g/mol. The van der Waals surface area contributed by atoms with Crippen molar-refractivity contribution in [1.29, 1.82) is 0 Å². The Hall–Kier alpha value is -1.68. The third-order valence-corrected chi connectivity index (χ3v) is 5.38. The van der Waals surface area contributed by atoms with E-state index in [1.54, 1.807) is 0 Å². The fraction of sp³-hybridized carbons (Fsp3) is 0.800. The Morgan fingerprint density at radius 3 is 2.09 bits per heavy atom. The fourth-order valence-electron chi connectivity index (χ4n) is 3.86. The molecule has 190 valence electrons. The summed E-state index contributed by atoms with van der Waals surface area (Å²) in [6.45, 7) is 6.70. The highest BCUT2D eigenvalue weighted by atomic mass is 16.7. The summed E-state index contributed by atoms with van der Waals surface area (Å²) in [5.74, 6) is -1.06. The minimum atomic E-state index is -1.58. The number of hydrogen-bond donors (Lipinski definition) is 7. The van der Waals surface area contributed by atoms with Gasteiger partial charge in [0.2, 0.25) is 11.8 Å². The van der Waals surface area contributed by atoms with E-state index in [4.69, 9.17) is 18.9 Å². The first-order valence-corrected chi connectivity index (χ1v) is 10.6. The van der Waals surface area contributed by atoms with Crippen LogP contribution in [-0.4, -0.2) is 118 Å². The molecule has 2 saturated heterocycles. The standard InChI is InChI=1S/C20H34N2O11/c1-5-6-30-19-13(22-10(4)26)16(29)18(17(32-19)8(2)24)33-20-12(21-9(3)25)15(28)14(27)11(7-23)31-20/h5,8,11-20,23-24,27-29H,1,6-7H2,2-4H3,(H,21,25)(H,22,26)/t8-,11-,12-,13-,14-,15-,16-,17-,18+,19-,20+/m1/s1. The maximum atomic E-state index is 11.7. The van der Waals surface area contributed by atoms with Gasteiger partial charge in [-0.2, -0.15) is 0 Å². The predicted molar refractivity (Wildman–Crippen MR) is 110 cm³/mol. The summed E-state index contributed by atoms with van der Waals surface area (Å²) in [6.07, 6.45) is -10.7. The van der Waals surface area contributed by atoms with Gasteiger partial charge in [-0.05, 0) is 6.92 Å². The Kier molecular flexibility index (Phi) is 10.1. The van der Waals surface area contributed by atoms with E-state index in [1.807, 2.05) is 0 Å². The van der Waals surface area contributed by atoms with Crippen LogP contribution in [0.3, 0.4) is 0 Å². The number of rotatable bonds is 9. The summed E-state index contributed by atoms with van der Waals surface area (Å²) in [4.78, 5) is 23.4. The Morgan fingerprint density at radius 1 is 1.03 bits per heavy atom. The number of carbonyl (C=O) groups is 2. The maximum absolute atomic E-state index is 11.7. The Balaban J connectivity index is 2.35. The number of amides is 2. The first kappa shape index (κ1) is 27.6. The highest BCUT2D eigenvalue weighted by Gasteiger charge is 2.52. The molecule has 13 heteroatoms. The van der Waals surface area contributed by atoms with Crippen LogP contribution in [0.5, 0.6) is 0 Å². The largest absolute Gasteiger partial charge is 0.394 e. The fourth-order valence-corrected chi connectivity index (χ4v) is 3.86. The first-order valence-electron chi connectivity index (χ1n) is 10.6. The predicted octanol–water partition coefficient (Wildman–Crippen LogP) is -3.51. The Labute approximate surface area is 191 Å². The highest BCUT2D eigenvalue weighted by molar-refractivity contribution is 5.73. The minimum Gasteiger partial charge on any atom is -0.394 e. The zero-order valence-corrected chi connectivity index (χ0v) is 18.7. The molecule has 0 aromatic carbocycles. The molecule has 0 unspecified atom stereocenters. The zero-order valence-electron chi connectivity index (χ0n) is 18.7. The first-order chi connectivity index (χ1) is 15.5. The molecule has 2 amide bonds. The molecule has 33 heavy (non-hydrogen) atoms. The van der Waals surface area contributed by atoms with Crippen molar-refractivity contribution in [1.82, 2.24) is 10.6 Å². The van der Waals surface area contributed by atoms with Gasteiger partial charge in [0.25, 0.3) is 0 Å². The molecule has 11 atom stereocenters. The second kappa shape index (κ2) is 12.1. The molecule has 2 heterocycles. The highest BCUT2D eigenvalue weighted by Crippen LogP contribution is 2.31. The molecule has 0 bridgehead atoms. The van der Waals surface area contributed by atoms with Gasteiger partial charge in [0.05, 0.1) is 19.3 Å². The molecule has 2 fully saturated rings. The summed E-state index contributed by atoms with van der Waals surface area (Å²) in [5, 5.41) is 56.4. The van der Waals surface area contributed by atoms with Gasteiger partial charge in [-0.1, -0.05) is 6.08 Å². The van der Waals surface area contributed by atoms with E-state index in [0.717, 1.165) is 0 Å². The number of aliphatic hydroxyl groups excluding tert-OH is 5. The molecular weight excluding hydrogens is 444 g/mol. The van der Waals surface area contributed by atoms with Crippen LogP contribution in [0.1, 0.15) is 20.8 Å². The van der Waals surface area contributed by atoms with E-state index in [1.165, 1.54) is 26.8 Å². The van der Waals surface area contributed by atoms with Crippen LogP contribution >= 0.6 is 0 Å². The summed E-state index contributed by atoms with van der Waals surface area (Å²) in [5.41, 5.74) is 0. The lowest BCUT2D eigenvalue weighted by atomic mass is 9.92. The van der Waals surface area contributed by atoms with E-state index in [-0.39, 0.29) is 6.61 Å². The summed E-state index contributed by atoms with van der Waals surface area (Å²) in [6, 6.07) is -2.40. The average Bonchev–Trinajstić information content (AvgIpc) is 2.74. The third-order valence-electron chi connectivity index (χ3n) is 5.38. The Bertz CT molecular complexity index is 678. The lowest BCUT2D eigenvalue weighted by Gasteiger charge is -2.48. The van der Waals surface area contributed by atoms with Crippen LogP contribution in [-0.2, 0) is 28.5 Å². The molecule has 2 aliphatic rings. The van der Waals surface area contributed by atoms with Crippen LogP contribution in [0.25, 0.3) is 0 Å². The van der Waals surface area contributed by atoms with Gasteiger partial charge in [-0.25, -0.2) is 0 Å². The molecule has 0 aromatic heterocycles. The minimum absolute atomic E-state index is 0.0319. The van der Waals surface area contributed by atoms with Crippen molar-refractivity contribution >= 4 is 11.8 Å². The van der Waals surface area contributed by atoms with E-state index < -0.39 is 85.8 Å².